The number of halogens is 1. The number of nitrogens with one attached hydrogen (secondary N) is 1. The van der Waals surface area contributed by atoms with E-state index in [1.165, 1.54) is 5.56 Å². The van der Waals surface area contributed by atoms with Crippen LogP contribution in [0.25, 0.3) is 0 Å². The van der Waals surface area contributed by atoms with Gasteiger partial charge in [-0.3, -0.25) is 0 Å². The van der Waals surface area contributed by atoms with Gasteiger partial charge in [0.15, 0.2) is 0 Å². The molecule has 0 fully saturated rings. The number of hydrogen-bond donors (Lipinski definition) is 1. The van der Waals surface area contributed by atoms with E-state index < -0.39 is 0 Å². The molecular formula is C14H16BrN3. The van der Waals surface area contributed by atoms with E-state index in [0.717, 1.165) is 22.4 Å². The first-order valence-corrected chi connectivity index (χ1v) is 6.70. The summed E-state index contributed by atoms with van der Waals surface area (Å²) in [5, 5.41) is 3.31. The van der Waals surface area contributed by atoms with Crippen LogP contribution in [-0.2, 0) is 6.42 Å². The zero-order valence-electron chi connectivity index (χ0n) is 10.5. The molecule has 2 aromatic rings. The Morgan fingerprint density at radius 3 is 2.72 bits per heavy atom. The second kappa shape index (κ2) is 6.07. The van der Waals surface area contributed by atoms with Crippen molar-refractivity contribution in [3.63, 3.8) is 0 Å². The van der Waals surface area contributed by atoms with Crippen molar-refractivity contribution in [1.82, 2.24) is 15.3 Å². The van der Waals surface area contributed by atoms with Gasteiger partial charge in [-0.15, -0.1) is 0 Å². The number of hydrogen-bond acceptors (Lipinski definition) is 3. The molecule has 18 heavy (non-hydrogen) atoms. The maximum Gasteiger partial charge on any atom is 0.125 e. The van der Waals surface area contributed by atoms with Gasteiger partial charge in [0.25, 0.3) is 0 Å². The summed E-state index contributed by atoms with van der Waals surface area (Å²) in [4.78, 5) is 8.61. The average molecular weight is 306 g/mol. The first kappa shape index (κ1) is 13.2. The van der Waals surface area contributed by atoms with Crippen LogP contribution in [0.15, 0.2) is 41.0 Å². The van der Waals surface area contributed by atoms with Crippen LogP contribution in [0.3, 0.4) is 0 Å². The minimum Gasteiger partial charge on any atom is -0.311 e. The Balaban J connectivity index is 2.23. The van der Waals surface area contributed by atoms with Gasteiger partial charge in [0, 0.05) is 10.7 Å². The molecule has 1 unspecified atom stereocenters. The molecule has 0 saturated heterocycles. The fourth-order valence-electron chi connectivity index (χ4n) is 1.91. The maximum atomic E-state index is 4.48. The van der Waals surface area contributed by atoms with Gasteiger partial charge in [-0.1, -0.05) is 34.1 Å². The Kier molecular flexibility index (Phi) is 4.44. The molecule has 94 valence electrons. The Morgan fingerprint density at radius 2 is 2.06 bits per heavy atom. The maximum absolute atomic E-state index is 4.48. The molecule has 2 rings (SSSR count). The number of likely N-dealkylation sites (N-methyl/N-ethyl adjacent to an activating group) is 1. The van der Waals surface area contributed by atoms with Gasteiger partial charge < -0.3 is 5.32 Å². The van der Waals surface area contributed by atoms with Gasteiger partial charge in [0.2, 0.25) is 0 Å². The number of aromatic nitrogens is 2. The van der Waals surface area contributed by atoms with Crippen LogP contribution in [0, 0.1) is 6.92 Å². The summed E-state index contributed by atoms with van der Waals surface area (Å²) in [6.45, 7) is 1.91. The van der Waals surface area contributed by atoms with E-state index in [0.29, 0.717) is 0 Å². The van der Waals surface area contributed by atoms with E-state index in [9.17, 15) is 0 Å². The van der Waals surface area contributed by atoms with Crippen molar-refractivity contribution in [2.24, 2.45) is 0 Å². The van der Waals surface area contributed by atoms with Crippen molar-refractivity contribution in [2.45, 2.75) is 19.4 Å². The summed E-state index contributed by atoms with van der Waals surface area (Å²) in [7, 11) is 1.96. The van der Waals surface area contributed by atoms with Crippen molar-refractivity contribution in [3.8, 4) is 0 Å². The minimum atomic E-state index is 0.199. The third-order valence-electron chi connectivity index (χ3n) is 2.88. The first-order chi connectivity index (χ1) is 8.70. The molecule has 0 aliphatic carbocycles. The molecule has 0 aliphatic rings. The SMILES string of the molecule is CNC(Cc1ccccc1Br)c1ccnc(C)n1. The summed E-state index contributed by atoms with van der Waals surface area (Å²) in [5.74, 6) is 0.805. The number of benzene rings is 1. The van der Waals surface area contributed by atoms with Crippen molar-refractivity contribution >= 4 is 15.9 Å². The van der Waals surface area contributed by atoms with Crippen LogP contribution in [0.1, 0.15) is 23.1 Å². The van der Waals surface area contributed by atoms with Crippen LogP contribution in [0.5, 0.6) is 0 Å². The summed E-state index contributed by atoms with van der Waals surface area (Å²) in [6, 6.07) is 10.4. The Bertz CT molecular complexity index is 528. The van der Waals surface area contributed by atoms with E-state index in [1.807, 2.05) is 32.3 Å². The topological polar surface area (TPSA) is 37.8 Å². The molecule has 0 saturated carbocycles. The van der Waals surface area contributed by atoms with Gasteiger partial charge in [-0.25, -0.2) is 9.97 Å². The summed E-state index contributed by atoms with van der Waals surface area (Å²) in [6.07, 6.45) is 2.70. The second-order valence-electron chi connectivity index (χ2n) is 4.17. The molecule has 0 bridgehead atoms. The summed E-state index contributed by atoms with van der Waals surface area (Å²) in [5.41, 5.74) is 2.30. The highest BCUT2D eigenvalue weighted by Crippen LogP contribution is 2.22. The highest BCUT2D eigenvalue weighted by Gasteiger charge is 2.13. The fraction of sp³-hybridized carbons (Fsp3) is 0.286. The molecule has 0 amide bonds. The third kappa shape index (κ3) is 3.15. The van der Waals surface area contributed by atoms with Crippen LogP contribution in [0.4, 0.5) is 0 Å². The first-order valence-electron chi connectivity index (χ1n) is 5.91. The normalized spacial score (nSPS) is 12.4. The van der Waals surface area contributed by atoms with Crippen LogP contribution in [0.2, 0.25) is 0 Å². The molecule has 1 aromatic heterocycles. The molecule has 3 nitrogen and oxygen atoms in total. The van der Waals surface area contributed by atoms with Crippen molar-refractivity contribution in [3.05, 3.63) is 58.1 Å². The molecular weight excluding hydrogens is 290 g/mol. The molecule has 1 atom stereocenters. The third-order valence-corrected chi connectivity index (χ3v) is 3.66. The van der Waals surface area contributed by atoms with Crippen LogP contribution < -0.4 is 5.32 Å². The van der Waals surface area contributed by atoms with E-state index in [-0.39, 0.29) is 6.04 Å². The lowest BCUT2D eigenvalue weighted by molar-refractivity contribution is 0.571. The summed E-state index contributed by atoms with van der Waals surface area (Å²) < 4.78 is 1.14. The quantitative estimate of drug-likeness (QED) is 0.943. The van der Waals surface area contributed by atoms with E-state index >= 15 is 0 Å². The Labute approximate surface area is 116 Å². The Hall–Kier alpha value is -1.26. The smallest absolute Gasteiger partial charge is 0.125 e. The van der Waals surface area contributed by atoms with E-state index in [1.54, 1.807) is 0 Å². The van der Waals surface area contributed by atoms with E-state index in [2.05, 4.69) is 49.4 Å². The van der Waals surface area contributed by atoms with Crippen LogP contribution >= 0.6 is 15.9 Å². The summed E-state index contributed by atoms with van der Waals surface area (Å²) >= 11 is 3.58. The van der Waals surface area contributed by atoms with E-state index in [4.69, 9.17) is 0 Å². The van der Waals surface area contributed by atoms with Gasteiger partial charge in [0.1, 0.15) is 5.82 Å². The van der Waals surface area contributed by atoms with Crippen molar-refractivity contribution < 1.29 is 0 Å². The lowest BCUT2D eigenvalue weighted by Gasteiger charge is -2.16. The van der Waals surface area contributed by atoms with Crippen molar-refractivity contribution in [2.75, 3.05) is 7.05 Å². The average Bonchev–Trinajstić information content (AvgIpc) is 2.38. The monoisotopic (exact) mass is 305 g/mol. The molecule has 1 heterocycles. The molecule has 0 radical (unpaired) electrons. The predicted molar refractivity (Wildman–Crippen MR) is 76.4 cm³/mol. The van der Waals surface area contributed by atoms with Gasteiger partial charge in [-0.05, 0) is 38.1 Å². The molecule has 0 spiro atoms. The van der Waals surface area contributed by atoms with Gasteiger partial charge in [0.05, 0.1) is 11.7 Å². The molecule has 1 N–H and O–H groups in total. The number of nitrogens with zero attached hydrogens (tertiary/aromatic N) is 2. The molecule has 4 heteroatoms. The lowest BCUT2D eigenvalue weighted by atomic mass is 10.0. The number of rotatable bonds is 4. The number of aryl methyl sites for hydroxylation is 1. The zero-order chi connectivity index (χ0) is 13.0. The van der Waals surface area contributed by atoms with Crippen LogP contribution in [-0.4, -0.2) is 17.0 Å². The largest absolute Gasteiger partial charge is 0.311 e. The van der Waals surface area contributed by atoms with Gasteiger partial charge in [-0.2, -0.15) is 0 Å². The predicted octanol–water partition coefficient (Wildman–Crippen LogP) is 3.05. The second-order valence-corrected chi connectivity index (χ2v) is 5.02. The zero-order valence-corrected chi connectivity index (χ0v) is 12.1. The molecule has 0 aliphatic heterocycles. The van der Waals surface area contributed by atoms with Crippen molar-refractivity contribution in [1.29, 1.82) is 0 Å². The highest BCUT2D eigenvalue weighted by atomic mass is 79.9. The fourth-order valence-corrected chi connectivity index (χ4v) is 2.35. The van der Waals surface area contributed by atoms with Gasteiger partial charge >= 0.3 is 0 Å². The minimum absolute atomic E-state index is 0.199. The standard InChI is InChI=1S/C14H16BrN3/c1-10-17-8-7-13(18-10)14(16-2)9-11-5-3-4-6-12(11)15/h3-8,14,16H,9H2,1-2H3. The highest BCUT2D eigenvalue weighted by molar-refractivity contribution is 9.10. The Morgan fingerprint density at radius 1 is 1.28 bits per heavy atom. The molecule has 1 aromatic carbocycles. The lowest BCUT2D eigenvalue weighted by Crippen LogP contribution is -2.20.